The smallest absolute Gasteiger partial charge is 0.240 e. The van der Waals surface area contributed by atoms with E-state index in [1.165, 1.54) is 308 Å². The third-order valence-electron chi connectivity index (χ3n) is 22.0. The van der Waals surface area contributed by atoms with Crippen LogP contribution in [0.5, 0.6) is 34.5 Å². The van der Waals surface area contributed by atoms with Gasteiger partial charge < -0.3 is 33.3 Å². The Bertz CT molecular complexity index is 2790. The molecule has 113 heavy (non-hydrogen) atoms. The lowest BCUT2D eigenvalue weighted by atomic mass is 10.1. The maximum absolute atomic E-state index is 14.2. The summed E-state index contributed by atoms with van der Waals surface area (Å²) in [5, 5.41) is 0. The molecule has 13 nitrogen and oxygen atoms in total. The molecule has 3 rings (SSSR count). The van der Waals surface area contributed by atoms with Crippen molar-refractivity contribution in [2.75, 3.05) is 70.7 Å². The van der Waals surface area contributed by atoms with Gasteiger partial charge in [0.1, 0.15) is 0 Å². The summed E-state index contributed by atoms with van der Waals surface area (Å²) in [6.45, 7) is 17.9. The van der Waals surface area contributed by atoms with Crippen LogP contribution >= 0.6 is 0 Å². The minimum Gasteiger partial charge on any atom is -0.490 e. The quantitative estimate of drug-likeness (QED) is 0.0410. The summed E-state index contributed by atoms with van der Waals surface area (Å²) >= 11 is 0. The molecular weight excluding hydrogens is 1440 g/mol. The Morgan fingerprint density at radius 3 is 0.664 bits per heavy atom. The van der Waals surface area contributed by atoms with Gasteiger partial charge in [-0.25, -0.2) is 26.3 Å². The Hall–Kier alpha value is -4.44. The first kappa shape index (κ1) is 103. The highest BCUT2D eigenvalue weighted by atomic mass is 32.2. The van der Waals surface area contributed by atoms with Crippen LogP contribution < -0.4 is 42.8 Å². The Labute approximate surface area is 696 Å². The van der Waals surface area contributed by atoms with Crippen molar-refractivity contribution < 1.29 is 45.3 Å². The predicted molar refractivity (Wildman–Crippen MR) is 484 cm³/mol. The van der Waals surface area contributed by atoms with Gasteiger partial charge in [-0.1, -0.05) is 413 Å². The van der Waals surface area contributed by atoms with Gasteiger partial charge in [-0.05, 0) is 74.9 Å². The van der Waals surface area contributed by atoms with Crippen LogP contribution in [0, 0.1) is 0 Å². The third kappa shape index (κ3) is 55.8. The van der Waals surface area contributed by atoms with Crippen LogP contribution in [0.25, 0.3) is 0 Å². The number of unbranched alkanes of at least 4 members (excludes halogenated alkanes) is 54. The third-order valence-corrected chi connectivity index (χ3v) is 24.9. The molecule has 0 aliphatic rings. The summed E-state index contributed by atoms with van der Waals surface area (Å²) in [6.07, 6.45) is 81.7. The summed E-state index contributed by atoms with van der Waals surface area (Å²) in [6, 6.07) is 16.2. The summed E-state index contributed by atoms with van der Waals surface area (Å²) < 4.78 is 101. The van der Waals surface area contributed by atoms with Crippen molar-refractivity contribution in [1.82, 2.24) is 9.44 Å². The van der Waals surface area contributed by atoms with E-state index in [1.54, 1.807) is 36.4 Å². The number of anilines is 1. The fraction of sp³-hybridized carbons (Fsp3) is 0.776. The van der Waals surface area contributed by atoms with Gasteiger partial charge in [-0.15, -0.1) is 0 Å². The van der Waals surface area contributed by atoms with E-state index in [2.05, 4.69) is 68.0 Å². The van der Waals surface area contributed by atoms with E-state index in [1.807, 2.05) is 30.4 Å². The second-order valence-corrected chi connectivity index (χ2v) is 36.1. The average Bonchev–Trinajstić information content (AvgIpc) is 0.828. The number of nitrogens with zero attached hydrogens (tertiary/aromatic N) is 1. The number of nitrogens with one attached hydrogen (secondary N) is 2. The maximum atomic E-state index is 14.2. The van der Waals surface area contributed by atoms with Crippen LogP contribution in [0.2, 0.25) is 0 Å². The summed E-state index contributed by atoms with van der Waals surface area (Å²) in [5.74, 6) is 3.53. The Morgan fingerprint density at radius 1 is 0.239 bits per heavy atom. The van der Waals surface area contributed by atoms with E-state index >= 15 is 0 Å². The van der Waals surface area contributed by atoms with Crippen molar-refractivity contribution in [2.24, 2.45) is 0 Å². The second kappa shape index (κ2) is 73.9. The van der Waals surface area contributed by atoms with Crippen LogP contribution in [-0.4, -0.2) is 82.7 Å². The van der Waals surface area contributed by atoms with Crippen LogP contribution in [0.1, 0.15) is 427 Å². The molecule has 0 aliphatic carbocycles. The fourth-order valence-electron chi connectivity index (χ4n) is 14.7. The van der Waals surface area contributed by atoms with E-state index in [9.17, 15) is 16.8 Å². The minimum atomic E-state index is -3.95. The van der Waals surface area contributed by atoms with Crippen molar-refractivity contribution >= 4 is 25.7 Å². The Balaban J connectivity index is 1.87. The predicted octanol–water partition coefficient (Wildman–Crippen LogP) is 29.4. The molecule has 0 aliphatic heterocycles. The molecule has 0 saturated carbocycles. The van der Waals surface area contributed by atoms with Crippen LogP contribution in [0.15, 0.2) is 88.7 Å². The number of hydrogen-bond acceptors (Lipinski definition) is 11. The van der Waals surface area contributed by atoms with E-state index < -0.39 is 20.0 Å². The number of benzene rings is 3. The zero-order chi connectivity index (χ0) is 81.1. The maximum Gasteiger partial charge on any atom is 0.240 e. The Morgan fingerprint density at radius 2 is 0.434 bits per heavy atom. The normalized spacial score (nSPS) is 11.9. The molecule has 0 amide bonds. The van der Waals surface area contributed by atoms with Gasteiger partial charge in [-0.3, -0.25) is 0 Å². The van der Waals surface area contributed by atoms with E-state index in [0.717, 1.165) is 88.5 Å². The highest BCUT2D eigenvalue weighted by molar-refractivity contribution is 7.89. The van der Waals surface area contributed by atoms with Crippen molar-refractivity contribution in [3.05, 3.63) is 78.9 Å². The molecule has 0 saturated heterocycles. The number of sulfonamides is 2. The van der Waals surface area contributed by atoms with E-state index in [0.29, 0.717) is 81.5 Å². The number of ether oxygens (including phenoxy) is 6. The lowest BCUT2D eigenvalue weighted by Crippen LogP contribution is -2.26. The molecule has 0 radical (unpaired) electrons. The van der Waals surface area contributed by atoms with Crippen molar-refractivity contribution in [3.8, 4) is 34.5 Å². The summed E-state index contributed by atoms with van der Waals surface area (Å²) in [7, 11) is -7.90. The molecule has 0 atom stereocenters. The second-order valence-electron chi connectivity index (χ2n) is 32.6. The highest BCUT2D eigenvalue weighted by Gasteiger charge is 2.20. The number of hydrogen-bond donors (Lipinski definition) is 2. The molecular formula is C98H173N3O10S2. The van der Waals surface area contributed by atoms with Crippen LogP contribution in [-0.2, 0) is 20.0 Å². The van der Waals surface area contributed by atoms with Crippen LogP contribution in [0.4, 0.5) is 5.69 Å². The first-order chi connectivity index (χ1) is 55.5. The van der Waals surface area contributed by atoms with Gasteiger partial charge >= 0.3 is 0 Å². The van der Waals surface area contributed by atoms with Gasteiger partial charge in [0.05, 0.1) is 49.4 Å². The zero-order valence-corrected chi connectivity index (χ0v) is 75.5. The Kier molecular flexibility index (Phi) is 67.2. The van der Waals surface area contributed by atoms with Gasteiger partial charge in [0.2, 0.25) is 20.0 Å². The largest absolute Gasteiger partial charge is 0.490 e. The SMILES string of the molecule is CCCCCCCCCCCCOc1ccc(N(C/C=C/CNS(=O)(=O)c2ccc(OCCCCCCCCCCCC)c(OCCCCCCCCCCCC)c2)C/C=C/CNS(=O)(=O)c2ccc(OCCCCCCCCCCCC)c(OCCCCCCCCCCCC)c2)cc1OCCCCCCCCCCCC. The first-order valence-electron chi connectivity index (χ1n) is 47.8. The van der Waals surface area contributed by atoms with E-state index in [4.69, 9.17) is 28.4 Å². The molecule has 0 heterocycles. The molecule has 2 N–H and O–H groups in total. The topological polar surface area (TPSA) is 151 Å². The molecule has 0 spiro atoms. The molecule has 15 heteroatoms. The van der Waals surface area contributed by atoms with Crippen LogP contribution in [0.3, 0.4) is 0 Å². The molecule has 652 valence electrons. The monoisotopic (exact) mass is 1620 g/mol. The molecule has 3 aromatic rings. The summed E-state index contributed by atoms with van der Waals surface area (Å²) in [5.41, 5.74) is 0.895. The molecule has 0 unspecified atom stereocenters. The lowest BCUT2D eigenvalue weighted by Gasteiger charge is -2.24. The van der Waals surface area contributed by atoms with Gasteiger partial charge in [0.25, 0.3) is 0 Å². The zero-order valence-electron chi connectivity index (χ0n) is 73.8. The molecule has 0 aromatic heterocycles. The minimum absolute atomic E-state index is 0.0665. The number of rotatable bonds is 85. The average molecular weight is 1620 g/mol. The van der Waals surface area contributed by atoms with Gasteiger partial charge in [0, 0.05) is 50.1 Å². The van der Waals surface area contributed by atoms with Gasteiger partial charge in [-0.2, -0.15) is 0 Å². The standard InChI is InChI=1S/C98H173N3O10S2/c1-7-13-19-25-31-37-43-49-55-65-81-106-93-74-71-90(87-96(93)109-84-68-58-52-46-40-34-28-22-16-10-4)101(79-63-61-77-99-112(102,103)91-72-75-94(107-82-66-56-50-44-38-32-26-20-14-8-2)97(88-91)110-85-69-59-53-47-41-35-29-23-17-11-5)80-64-62-78-100-113(104,105)92-73-76-95(108-83-67-57-51-45-39-33-27-21-15-9-3)98(89-92)111-86-70-60-54-48-42-36-30-24-18-12-6/h61-64,71-76,87-89,99-100H,7-60,65-70,77-86H2,1-6H3/b63-61+,64-62+. The van der Waals surface area contributed by atoms with Crippen molar-refractivity contribution in [3.63, 3.8) is 0 Å². The summed E-state index contributed by atoms with van der Waals surface area (Å²) in [4.78, 5) is 2.44. The first-order valence-corrected chi connectivity index (χ1v) is 50.7. The van der Waals surface area contributed by atoms with E-state index in [-0.39, 0.29) is 22.9 Å². The highest BCUT2D eigenvalue weighted by Crippen LogP contribution is 2.35. The fourth-order valence-corrected chi connectivity index (χ4v) is 16.7. The lowest BCUT2D eigenvalue weighted by molar-refractivity contribution is 0.257. The van der Waals surface area contributed by atoms with Gasteiger partial charge in [0.15, 0.2) is 34.5 Å². The molecule has 0 fully saturated rings. The van der Waals surface area contributed by atoms with Crippen molar-refractivity contribution in [1.29, 1.82) is 0 Å². The van der Waals surface area contributed by atoms with Crippen molar-refractivity contribution in [2.45, 2.75) is 437 Å². The molecule has 3 aromatic carbocycles. The molecule has 0 bridgehead atoms.